The van der Waals surface area contributed by atoms with Gasteiger partial charge in [0, 0.05) is 25.8 Å². The molecule has 12 rings (SSSR count). The van der Waals surface area contributed by atoms with E-state index in [0.717, 1.165) is 26.3 Å². The van der Waals surface area contributed by atoms with Crippen molar-refractivity contribution in [1.82, 2.24) is 76.4 Å². The van der Waals surface area contributed by atoms with E-state index in [1.165, 1.54) is 48.5 Å². The number of carbonyl (C=O) groups is 3. The summed E-state index contributed by atoms with van der Waals surface area (Å²) in [4.78, 5) is 64.9. The number of aromatic nitrogens is 12. The Kier molecular flexibility index (Phi) is 29.7. The van der Waals surface area contributed by atoms with Crippen molar-refractivity contribution < 1.29 is 118 Å². The number of benzene rings is 4. The van der Waals surface area contributed by atoms with E-state index in [1.54, 1.807) is 39.8 Å². The predicted octanol–water partition coefficient (Wildman–Crippen LogP) is 6.01. The Morgan fingerprint density at radius 3 is 1.51 bits per heavy atom. The maximum atomic E-state index is 13.6. The number of nitrogens with zero attached hydrogens (tertiary/aromatic N) is 15. The second kappa shape index (κ2) is 39.4. The number of aliphatic hydroxyl groups is 2. The molecule has 2 unspecified atom stereocenters. The Labute approximate surface area is 644 Å². The lowest BCUT2D eigenvalue weighted by Crippen LogP contribution is -2.40. The lowest BCUT2D eigenvalue weighted by Gasteiger charge is -2.17. The van der Waals surface area contributed by atoms with Crippen LogP contribution in [0.1, 0.15) is 63.1 Å². The molecule has 0 bridgehead atoms. The summed E-state index contributed by atoms with van der Waals surface area (Å²) in [6, 6.07) is 15.1. The van der Waals surface area contributed by atoms with Crippen LogP contribution in [0.5, 0.6) is 23.5 Å². The van der Waals surface area contributed by atoms with Gasteiger partial charge in [0.15, 0.2) is 41.6 Å². The van der Waals surface area contributed by atoms with Crippen molar-refractivity contribution in [3.05, 3.63) is 160 Å². The van der Waals surface area contributed by atoms with E-state index < -0.39 is 77.1 Å². The Hall–Kier alpha value is -11.5. The van der Waals surface area contributed by atoms with Crippen LogP contribution in [-0.2, 0) is 41.5 Å². The molecule has 8 heterocycles. The van der Waals surface area contributed by atoms with E-state index in [-0.39, 0.29) is 185 Å². The number of carbonyl (C=O) groups excluding carboxylic acids is 3. The van der Waals surface area contributed by atoms with Gasteiger partial charge in [0.05, 0.1) is 64.4 Å². The minimum atomic E-state index is -1.53. The first kappa shape index (κ1) is 84.5. The van der Waals surface area contributed by atoms with Crippen molar-refractivity contribution in [2.45, 2.75) is 77.2 Å². The number of hydrogen-bond acceptors (Lipinski definition) is 36. The van der Waals surface area contributed by atoms with Crippen LogP contribution in [0.4, 0.5) is 22.4 Å². The van der Waals surface area contributed by atoms with Crippen molar-refractivity contribution in [1.29, 1.82) is 0 Å². The van der Waals surface area contributed by atoms with Gasteiger partial charge >= 0.3 is 17.5 Å². The molecule has 2 atom stereocenters. The number of hydrogen-bond donors (Lipinski definition) is 7. The van der Waals surface area contributed by atoms with Crippen LogP contribution in [0.15, 0.2) is 120 Å². The second-order valence-electron chi connectivity index (χ2n) is 23.5. The number of ether oxygens (including phenoxy) is 7. The summed E-state index contributed by atoms with van der Waals surface area (Å²) in [7, 11) is 0. The normalized spacial score (nSPS) is 14.6. The van der Waals surface area contributed by atoms with E-state index in [1.807, 2.05) is 0 Å². The summed E-state index contributed by atoms with van der Waals surface area (Å²) >= 11 is 22.8. The number of ketones is 1. The molecule has 8 N–H and O–H groups in total. The van der Waals surface area contributed by atoms with Crippen LogP contribution in [0, 0.1) is 23.3 Å². The number of aliphatic hydroxyl groups excluding tert-OH is 2. The zero-order valence-electron chi connectivity index (χ0n) is 58.3. The zero-order valence-corrected chi connectivity index (χ0v) is 61.4. The fourth-order valence-electron chi connectivity index (χ4n) is 9.37. The van der Waals surface area contributed by atoms with Gasteiger partial charge < -0.3 is 70.2 Å². The molecule has 0 spiro atoms. The fraction of sp³-hybridized carbons (Fsp3) is 0.349. The highest BCUT2D eigenvalue weighted by Crippen LogP contribution is 2.31. The maximum Gasteiger partial charge on any atom is 0.446 e. The van der Waals surface area contributed by atoms with E-state index in [2.05, 4.69) is 90.9 Å². The molecule has 2 aliphatic heterocycles. The topological polar surface area (TPSA) is 536 Å². The van der Waals surface area contributed by atoms with Crippen LogP contribution >= 0.6 is 46.4 Å². The van der Waals surface area contributed by atoms with Gasteiger partial charge in [0.25, 0.3) is 29.4 Å². The number of oxime groups is 2. The molecule has 2 saturated heterocycles. The zero-order chi connectivity index (χ0) is 80.8. The van der Waals surface area contributed by atoms with Crippen molar-refractivity contribution >= 4 is 75.5 Å². The molecule has 41 nitrogen and oxygen atoms in total. The molecule has 112 heavy (non-hydrogen) atoms. The van der Waals surface area contributed by atoms with Gasteiger partial charge in [0.2, 0.25) is 23.0 Å². The predicted molar refractivity (Wildman–Crippen MR) is 369 cm³/mol. The second-order valence-corrected chi connectivity index (χ2v) is 25.1. The number of nitrogens with one attached hydrogen (secondary N) is 2. The Bertz CT molecular complexity index is 5050. The summed E-state index contributed by atoms with van der Waals surface area (Å²) in [5, 5.41) is 84.4. The summed E-state index contributed by atoms with van der Waals surface area (Å²) in [5.41, 5.74) is 6.82. The molecule has 0 aliphatic carbocycles. The average molecular weight is 1660 g/mol. The summed E-state index contributed by atoms with van der Waals surface area (Å²) in [5.74, 6) is -7.04. The number of hydroxylamine groups is 2. The van der Waals surface area contributed by atoms with Gasteiger partial charge in [-0.3, -0.25) is 18.6 Å². The van der Waals surface area contributed by atoms with Crippen LogP contribution in [0.3, 0.4) is 0 Å². The highest BCUT2D eigenvalue weighted by atomic mass is 35.5. The molecule has 3 amide bonds. The Morgan fingerprint density at radius 1 is 0.598 bits per heavy atom. The third-order valence-electron chi connectivity index (χ3n) is 14.6. The Balaban J connectivity index is 0.000000173. The number of amides is 3. The van der Waals surface area contributed by atoms with Crippen LogP contribution in [0.25, 0.3) is 34.4 Å². The third-order valence-corrected chi connectivity index (χ3v) is 15.8. The number of urea groups is 1. The molecular weight excluding hydrogens is 1590 g/mol. The minimum Gasteiger partial charge on any atom is -0.474 e. The number of rotatable bonds is 29. The lowest BCUT2D eigenvalue weighted by atomic mass is 10.1. The molecule has 0 radical (unpaired) electrons. The summed E-state index contributed by atoms with van der Waals surface area (Å²) in [6.45, 7) is 6.91. The SMILES string of the molecule is CC1(C)OCC(C(=O)CCCOc2nonc2-c2noc(=O)n2-c2ccc(F)c(Cl)c2)O1.CC1(C)OCN(C(=O)NCCOc2nonc2C(Cc2ccc(Cl)c(F)c2)=NO)O1.NCCOc1nonc1-c1noc(=O)n1-c1ccc(F)c(Cl)c1.O=C(NCCOc1nonc1C(Cc1ccc(Cl)c(F)c1)=NO)C(O)CO. The molecular formula is C63H62Cl4F4N18O23. The molecule has 0 saturated carbocycles. The third kappa shape index (κ3) is 22.6. The van der Waals surface area contributed by atoms with Crippen LogP contribution in [0.2, 0.25) is 20.1 Å². The van der Waals surface area contributed by atoms with Crippen LogP contribution < -0.4 is 46.8 Å². The van der Waals surface area contributed by atoms with Crippen molar-refractivity contribution in [3.63, 3.8) is 0 Å². The van der Waals surface area contributed by atoms with E-state index >= 15 is 0 Å². The first-order valence-electron chi connectivity index (χ1n) is 32.3. The van der Waals surface area contributed by atoms with Crippen molar-refractivity contribution in [3.8, 4) is 57.9 Å². The van der Waals surface area contributed by atoms with Gasteiger partial charge in [0.1, 0.15) is 60.6 Å². The molecule has 4 aromatic carbocycles. The standard InChI is InChI=1S/C19H18ClFN4O7.C17H19ClFN5O6.C15H16ClFN4O6.C12H9ClFN5O4/c1-19(2)29-9-14(30-19)13(26)4-3-7-28-17-15(22-32-24-17)16-23-31-18(27)25(16)10-5-6-12(21)11(20)8-10;1-17(2)28-9-24(29-17)16(25)20-5-6-27-15-14(22-30-23-15)13(21-26)8-10-3-4-11(18)12(19)7-10;16-9-2-1-8(5-10(9)17)6-11(19-25)13-15(21-27-20-13)26-4-3-18-14(24)12(23)7-22;13-7-5-6(1-2-8(7)14)19-10(17-22-12(19)20)9-11(18-23-16-9)21-4-3-15/h5-6,8,14H,3-4,7,9H2,1-2H3;3-4,7,26H,5-6,8-9H2,1-2H3,(H,20,25);1-2,5,12,22-23,25H,3-4,6-7H2,(H,18,24);1-2,5H,3-4,15H2. The Morgan fingerprint density at radius 2 is 1.07 bits per heavy atom. The number of Topliss-reactive ketones (excluding diaryl/α,β-unsaturated/α-hetero) is 1. The molecule has 10 aromatic rings. The summed E-state index contributed by atoms with van der Waals surface area (Å²) in [6.07, 6.45) is -1.55. The minimum absolute atomic E-state index is 0.00133. The van der Waals surface area contributed by atoms with Gasteiger partial charge in [-0.1, -0.05) is 79.2 Å². The molecule has 598 valence electrons. The summed E-state index contributed by atoms with van der Waals surface area (Å²) < 4.78 is 122. The highest BCUT2D eigenvalue weighted by Gasteiger charge is 2.37. The van der Waals surface area contributed by atoms with E-state index in [4.69, 9.17) is 109 Å². The molecule has 49 heteroatoms. The fourth-order valence-corrected chi connectivity index (χ4v) is 9.96. The lowest BCUT2D eigenvalue weighted by molar-refractivity contribution is -0.192. The van der Waals surface area contributed by atoms with Gasteiger partial charge in [-0.25, -0.2) is 64.4 Å². The number of nitrogens with two attached hydrogens (primary N) is 1. The largest absolute Gasteiger partial charge is 0.474 e. The first-order valence-corrected chi connectivity index (χ1v) is 33.8. The average Bonchev–Trinajstić information content (AvgIpc) is 1.64. The first-order chi connectivity index (χ1) is 53.6. The van der Waals surface area contributed by atoms with Gasteiger partial charge in [-0.2, -0.15) is 5.06 Å². The van der Waals surface area contributed by atoms with Gasteiger partial charge in [-0.05, 0) is 147 Å². The molecule has 2 fully saturated rings. The van der Waals surface area contributed by atoms with Gasteiger partial charge in [-0.15, -0.1) is 0 Å². The van der Waals surface area contributed by atoms with Crippen LogP contribution in [-0.4, -0.2) is 205 Å². The van der Waals surface area contributed by atoms with E-state index in [0.29, 0.717) is 17.5 Å². The molecule has 6 aromatic heterocycles. The quantitative estimate of drug-likeness (QED) is 0.00927. The highest BCUT2D eigenvalue weighted by molar-refractivity contribution is 6.31. The molecule has 2 aliphatic rings. The smallest absolute Gasteiger partial charge is 0.446 e. The monoisotopic (exact) mass is 1650 g/mol. The maximum absolute atomic E-state index is 13.6. The number of halogens is 8. The van der Waals surface area contributed by atoms with Crippen molar-refractivity contribution in [2.24, 2.45) is 16.0 Å². The van der Waals surface area contributed by atoms with E-state index in [9.17, 15) is 51.9 Å². The van der Waals surface area contributed by atoms with Crippen molar-refractivity contribution in [2.75, 3.05) is 66.0 Å².